The summed E-state index contributed by atoms with van der Waals surface area (Å²) in [5.74, 6) is -0.881. The molecule has 0 aliphatic heterocycles. The second kappa shape index (κ2) is 10.3. The fraction of sp³-hybridized carbons (Fsp3) is 0.185. The Balaban J connectivity index is 1.59. The van der Waals surface area contributed by atoms with E-state index < -0.39 is 17.2 Å². The van der Waals surface area contributed by atoms with Crippen molar-refractivity contribution >= 4 is 32.5 Å². The van der Waals surface area contributed by atoms with Crippen LogP contribution in [0.25, 0.3) is 10.9 Å². The van der Waals surface area contributed by atoms with Gasteiger partial charge in [0, 0.05) is 45.4 Å². The molecule has 2 aromatic heterocycles. The smallest absolute Gasteiger partial charge is 0.137 e. The van der Waals surface area contributed by atoms with Crippen molar-refractivity contribution in [2.75, 3.05) is 18.6 Å². The zero-order valence-electron chi connectivity index (χ0n) is 19.9. The van der Waals surface area contributed by atoms with E-state index in [-0.39, 0.29) is 18.7 Å². The van der Waals surface area contributed by atoms with E-state index in [0.29, 0.717) is 12.3 Å². The second-order valence-corrected chi connectivity index (χ2v) is 9.63. The lowest BCUT2D eigenvalue weighted by molar-refractivity contribution is 0.0182. The molecule has 0 saturated carbocycles. The highest BCUT2D eigenvalue weighted by Gasteiger charge is 2.36. The van der Waals surface area contributed by atoms with Crippen molar-refractivity contribution in [3.63, 3.8) is 0 Å². The molecule has 190 valence electrons. The summed E-state index contributed by atoms with van der Waals surface area (Å²) in [4.78, 5) is 9.18. The van der Waals surface area contributed by atoms with E-state index in [9.17, 15) is 9.50 Å². The number of benzene rings is 3. The number of ether oxygens (including phenoxy) is 1. The largest absolute Gasteiger partial charge is 0.497 e. The van der Waals surface area contributed by atoms with Gasteiger partial charge >= 0.3 is 0 Å². The number of fused-ring (bicyclic) bond motifs is 1. The van der Waals surface area contributed by atoms with Crippen LogP contribution in [0.15, 0.2) is 84.0 Å². The van der Waals surface area contributed by atoms with Gasteiger partial charge in [-0.25, -0.2) is 18.4 Å². The number of halogens is 3. The van der Waals surface area contributed by atoms with Crippen molar-refractivity contribution in [2.45, 2.75) is 18.7 Å². The summed E-state index contributed by atoms with van der Waals surface area (Å²) in [5.41, 5.74) is 0.890. The molecule has 2 N–H and O–H groups in total. The predicted octanol–water partition coefficient (Wildman–Crippen LogP) is 5.40. The van der Waals surface area contributed by atoms with Crippen molar-refractivity contribution < 1.29 is 18.6 Å². The Hall–Kier alpha value is -3.76. The molecular weight excluding hydrogens is 544 g/mol. The summed E-state index contributed by atoms with van der Waals surface area (Å²) < 4.78 is 36.5. The van der Waals surface area contributed by atoms with Crippen molar-refractivity contribution in [1.29, 1.82) is 0 Å². The summed E-state index contributed by atoms with van der Waals surface area (Å²) in [6, 6.07) is 16.5. The molecule has 1 unspecified atom stereocenters. The molecule has 37 heavy (non-hydrogen) atoms. The van der Waals surface area contributed by atoms with Crippen LogP contribution in [-0.4, -0.2) is 38.5 Å². The number of aromatic amines is 1. The third-order valence-corrected chi connectivity index (χ3v) is 6.97. The van der Waals surface area contributed by atoms with Gasteiger partial charge in [-0.15, -0.1) is 0 Å². The van der Waals surface area contributed by atoms with Gasteiger partial charge in [-0.05, 0) is 48.0 Å². The number of aromatic nitrogens is 4. The predicted molar refractivity (Wildman–Crippen MR) is 140 cm³/mol. The van der Waals surface area contributed by atoms with Crippen LogP contribution >= 0.6 is 15.9 Å². The summed E-state index contributed by atoms with van der Waals surface area (Å²) >= 11 is 3.64. The zero-order valence-corrected chi connectivity index (χ0v) is 21.5. The molecular formula is C27H24BrF2N5O2. The monoisotopic (exact) mass is 567 g/mol. The van der Waals surface area contributed by atoms with Gasteiger partial charge in [0.05, 0.1) is 20.2 Å². The van der Waals surface area contributed by atoms with Crippen molar-refractivity contribution in [2.24, 2.45) is 0 Å². The number of hydrogen-bond acceptors (Lipinski definition) is 5. The molecule has 0 saturated heterocycles. The summed E-state index contributed by atoms with van der Waals surface area (Å²) in [5, 5.41) is 17.1. The number of anilines is 1. The topological polar surface area (TPSA) is 79.2 Å². The first-order chi connectivity index (χ1) is 17.9. The Kier molecular flexibility index (Phi) is 6.94. The van der Waals surface area contributed by atoms with E-state index in [2.05, 4.69) is 31.0 Å². The van der Waals surface area contributed by atoms with Crippen LogP contribution in [0.5, 0.6) is 5.75 Å². The number of rotatable bonds is 9. The van der Waals surface area contributed by atoms with E-state index in [0.717, 1.165) is 38.8 Å². The van der Waals surface area contributed by atoms with Crippen LogP contribution in [-0.2, 0) is 18.7 Å². The third-order valence-electron chi connectivity index (χ3n) is 6.31. The number of nitrogens with one attached hydrogen (secondary N) is 1. The highest BCUT2D eigenvalue weighted by Crippen LogP contribution is 2.33. The Morgan fingerprint density at radius 3 is 2.65 bits per heavy atom. The average Bonchev–Trinajstić information content (AvgIpc) is 3.54. The lowest BCUT2D eigenvalue weighted by Crippen LogP contribution is -2.44. The van der Waals surface area contributed by atoms with Gasteiger partial charge < -0.3 is 19.7 Å². The average molecular weight is 568 g/mol. The fourth-order valence-corrected chi connectivity index (χ4v) is 5.18. The van der Waals surface area contributed by atoms with Gasteiger partial charge in [0.2, 0.25) is 0 Å². The van der Waals surface area contributed by atoms with Crippen LogP contribution < -0.4 is 9.64 Å². The first-order valence-electron chi connectivity index (χ1n) is 11.5. The molecule has 0 aliphatic rings. The molecule has 7 nitrogen and oxygen atoms in total. The molecule has 5 aromatic rings. The minimum absolute atomic E-state index is 0.0289. The Morgan fingerprint density at radius 2 is 1.95 bits per heavy atom. The summed E-state index contributed by atoms with van der Waals surface area (Å²) in [7, 11) is 1.59. The first-order valence-corrected chi connectivity index (χ1v) is 12.3. The van der Waals surface area contributed by atoms with Gasteiger partial charge in [-0.3, -0.25) is 0 Å². The molecule has 10 heteroatoms. The van der Waals surface area contributed by atoms with E-state index in [4.69, 9.17) is 4.74 Å². The van der Waals surface area contributed by atoms with Crippen molar-refractivity contribution in [3.8, 4) is 5.75 Å². The van der Waals surface area contributed by atoms with E-state index >= 15 is 4.39 Å². The highest BCUT2D eigenvalue weighted by atomic mass is 79.9. The second-order valence-electron chi connectivity index (χ2n) is 8.78. The summed E-state index contributed by atoms with van der Waals surface area (Å²) in [6.45, 7) is 0.260. The van der Waals surface area contributed by atoms with E-state index in [1.165, 1.54) is 23.4 Å². The van der Waals surface area contributed by atoms with Gasteiger partial charge in [0.25, 0.3) is 0 Å². The first kappa shape index (κ1) is 24.9. The van der Waals surface area contributed by atoms with Crippen LogP contribution in [0.1, 0.15) is 11.1 Å². The third kappa shape index (κ3) is 5.21. The van der Waals surface area contributed by atoms with Crippen molar-refractivity contribution in [1.82, 2.24) is 19.7 Å². The number of hydrogen-bond donors (Lipinski definition) is 2. The number of H-pyrrole nitrogens is 1. The molecule has 0 radical (unpaired) electrons. The van der Waals surface area contributed by atoms with Crippen LogP contribution in [0.3, 0.4) is 0 Å². The Bertz CT molecular complexity index is 1510. The molecule has 1 atom stereocenters. The van der Waals surface area contributed by atoms with Gasteiger partial charge in [-0.1, -0.05) is 28.1 Å². The Morgan fingerprint density at radius 1 is 1.14 bits per heavy atom. The minimum Gasteiger partial charge on any atom is -0.497 e. The number of aliphatic hydroxyl groups is 1. The van der Waals surface area contributed by atoms with Gasteiger partial charge in [0.1, 0.15) is 35.6 Å². The van der Waals surface area contributed by atoms with Crippen LogP contribution in [0.4, 0.5) is 14.5 Å². The molecule has 0 amide bonds. The molecule has 0 aliphatic carbocycles. The highest BCUT2D eigenvalue weighted by molar-refractivity contribution is 9.10. The summed E-state index contributed by atoms with van der Waals surface area (Å²) in [6.07, 6.45) is 4.70. The molecule has 0 bridgehead atoms. The maximum absolute atomic E-state index is 15.1. The SMILES string of the molecule is COc1ccc(N(Cc2c[nH]c3cccc(Br)c23)CC(O)(Cn2cncn2)c2ccc(F)cc2F)cc1. The zero-order chi connectivity index (χ0) is 26.0. The molecule has 2 heterocycles. The van der Waals surface area contributed by atoms with E-state index in [1.54, 1.807) is 7.11 Å². The number of methoxy groups -OCH3 is 1. The van der Waals surface area contributed by atoms with Crippen LogP contribution in [0.2, 0.25) is 0 Å². The maximum atomic E-state index is 15.1. The molecule has 0 fully saturated rings. The van der Waals surface area contributed by atoms with E-state index in [1.807, 2.05) is 53.6 Å². The normalized spacial score (nSPS) is 13.0. The lowest BCUT2D eigenvalue weighted by Gasteiger charge is -2.36. The lowest BCUT2D eigenvalue weighted by atomic mass is 9.91. The number of nitrogens with zero attached hydrogens (tertiary/aromatic N) is 4. The Labute approximate surface area is 220 Å². The quantitative estimate of drug-likeness (QED) is 0.249. The van der Waals surface area contributed by atoms with Crippen LogP contribution in [0, 0.1) is 11.6 Å². The maximum Gasteiger partial charge on any atom is 0.137 e. The minimum atomic E-state index is -1.78. The van der Waals surface area contributed by atoms with Crippen molar-refractivity contribution in [3.05, 3.63) is 107 Å². The van der Waals surface area contributed by atoms with Gasteiger partial charge in [-0.2, -0.15) is 5.10 Å². The molecule has 3 aromatic carbocycles. The fourth-order valence-electron chi connectivity index (χ4n) is 4.55. The standard InChI is InChI=1S/C27H24BrF2N5O2/c1-37-21-8-6-20(7-9-21)34(13-18-12-32-25-4-2-3-23(28)26(18)25)14-27(36,15-35-17-31-16-33-35)22-10-5-19(29)11-24(22)30/h2-12,16-17,32,36H,13-15H2,1H3. The molecule has 5 rings (SSSR count). The molecule has 0 spiro atoms. The van der Waals surface area contributed by atoms with Gasteiger partial charge in [0.15, 0.2) is 0 Å².